The Balaban J connectivity index is 1.97. The number of ether oxygens (including phenoxy) is 1. The van der Waals surface area contributed by atoms with Crippen molar-refractivity contribution >= 4 is 0 Å². The van der Waals surface area contributed by atoms with Gasteiger partial charge < -0.3 is 10.1 Å². The fraction of sp³-hybridized carbons (Fsp3) is 0.625. The average Bonchev–Trinajstić information content (AvgIpc) is 2.88. The zero-order valence-electron chi connectivity index (χ0n) is 12.1. The lowest BCUT2D eigenvalue weighted by atomic mass is 9.90. The number of benzene rings is 1. The predicted octanol–water partition coefficient (Wildman–Crippen LogP) is 3.72. The number of hydrogen-bond donors (Lipinski definition) is 1. The summed E-state index contributed by atoms with van der Waals surface area (Å²) in [5.41, 5.74) is 0.779. The average molecular weight is 265 g/mol. The van der Waals surface area contributed by atoms with Gasteiger partial charge in [-0.1, -0.05) is 26.8 Å². The number of rotatable bonds is 5. The first-order valence-electron chi connectivity index (χ1n) is 7.23. The summed E-state index contributed by atoms with van der Waals surface area (Å²) in [5, 5.41) is 3.37. The molecular formula is C16H24FNO. The van der Waals surface area contributed by atoms with Gasteiger partial charge in [-0.2, -0.15) is 0 Å². The molecule has 1 aliphatic heterocycles. The predicted molar refractivity (Wildman–Crippen MR) is 76.2 cm³/mol. The third kappa shape index (κ3) is 3.69. The summed E-state index contributed by atoms with van der Waals surface area (Å²) in [6.07, 6.45) is 2.35. The molecule has 19 heavy (non-hydrogen) atoms. The summed E-state index contributed by atoms with van der Waals surface area (Å²) >= 11 is 0. The van der Waals surface area contributed by atoms with Gasteiger partial charge in [-0.05, 0) is 42.9 Å². The van der Waals surface area contributed by atoms with E-state index in [2.05, 4.69) is 26.1 Å². The minimum atomic E-state index is -0.155. The molecular weight excluding hydrogens is 241 g/mol. The van der Waals surface area contributed by atoms with Gasteiger partial charge in [-0.3, -0.25) is 0 Å². The summed E-state index contributed by atoms with van der Waals surface area (Å²) < 4.78 is 19.7. The molecule has 106 valence electrons. The van der Waals surface area contributed by atoms with E-state index in [0.29, 0.717) is 24.3 Å². The maximum absolute atomic E-state index is 14.1. The van der Waals surface area contributed by atoms with Crippen LogP contribution in [0.25, 0.3) is 0 Å². The lowest BCUT2D eigenvalue weighted by Crippen LogP contribution is -2.28. The van der Waals surface area contributed by atoms with Crippen LogP contribution in [0.2, 0.25) is 0 Å². The van der Waals surface area contributed by atoms with E-state index in [9.17, 15) is 4.39 Å². The Labute approximate surface area is 115 Å². The highest BCUT2D eigenvalue weighted by molar-refractivity contribution is 5.31. The molecule has 1 heterocycles. The Hall–Kier alpha value is -1.09. The summed E-state index contributed by atoms with van der Waals surface area (Å²) in [6, 6.07) is 5.67. The molecule has 0 saturated carbocycles. The fourth-order valence-electron chi connectivity index (χ4n) is 2.42. The summed E-state index contributed by atoms with van der Waals surface area (Å²) in [7, 11) is 0. The van der Waals surface area contributed by atoms with Crippen molar-refractivity contribution in [2.24, 2.45) is 5.92 Å². The maximum atomic E-state index is 14.1. The van der Waals surface area contributed by atoms with Gasteiger partial charge in [-0.25, -0.2) is 4.39 Å². The molecule has 1 unspecified atom stereocenters. The Morgan fingerprint density at radius 3 is 2.74 bits per heavy atom. The smallest absolute Gasteiger partial charge is 0.130 e. The molecule has 0 bridgehead atoms. The molecule has 1 aromatic rings. The van der Waals surface area contributed by atoms with E-state index in [1.165, 1.54) is 12.5 Å². The molecule has 0 amide bonds. The van der Waals surface area contributed by atoms with Crippen LogP contribution >= 0.6 is 0 Å². The van der Waals surface area contributed by atoms with Crippen LogP contribution in [0.5, 0.6) is 5.75 Å². The van der Waals surface area contributed by atoms with Crippen LogP contribution in [0.1, 0.15) is 45.1 Å². The van der Waals surface area contributed by atoms with E-state index in [0.717, 1.165) is 18.5 Å². The zero-order chi connectivity index (χ0) is 13.8. The van der Waals surface area contributed by atoms with Crippen LogP contribution in [0.4, 0.5) is 4.39 Å². The van der Waals surface area contributed by atoms with Crippen molar-refractivity contribution in [2.45, 2.75) is 45.6 Å². The Kier molecular flexibility index (Phi) is 4.81. The third-order valence-corrected chi connectivity index (χ3v) is 4.08. The van der Waals surface area contributed by atoms with Crippen molar-refractivity contribution in [3.05, 3.63) is 29.6 Å². The van der Waals surface area contributed by atoms with E-state index >= 15 is 0 Å². The third-order valence-electron chi connectivity index (χ3n) is 4.08. The minimum absolute atomic E-state index is 0.155. The first kappa shape index (κ1) is 14.3. The van der Waals surface area contributed by atoms with E-state index < -0.39 is 0 Å². The van der Waals surface area contributed by atoms with Gasteiger partial charge in [0, 0.05) is 12.1 Å². The van der Waals surface area contributed by atoms with Crippen LogP contribution in [-0.4, -0.2) is 19.2 Å². The second-order valence-corrected chi connectivity index (χ2v) is 5.82. The van der Waals surface area contributed by atoms with Crippen molar-refractivity contribution < 1.29 is 9.13 Å². The highest BCUT2D eigenvalue weighted by Crippen LogP contribution is 2.28. The van der Waals surface area contributed by atoms with Crippen LogP contribution in [0.15, 0.2) is 18.2 Å². The first-order chi connectivity index (χ1) is 9.08. The largest absolute Gasteiger partial charge is 0.492 e. The van der Waals surface area contributed by atoms with Gasteiger partial charge >= 0.3 is 0 Å². The van der Waals surface area contributed by atoms with Crippen molar-refractivity contribution in [1.82, 2.24) is 5.32 Å². The van der Waals surface area contributed by atoms with Crippen molar-refractivity contribution in [2.75, 3.05) is 13.2 Å². The molecule has 3 heteroatoms. The molecule has 1 fully saturated rings. The van der Waals surface area contributed by atoms with Crippen molar-refractivity contribution in [3.63, 3.8) is 0 Å². The Morgan fingerprint density at radius 2 is 2.16 bits per heavy atom. The molecule has 0 spiro atoms. The first-order valence-corrected chi connectivity index (χ1v) is 7.23. The van der Waals surface area contributed by atoms with Gasteiger partial charge in [-0.15, -0.1) is 0 Å². The van der Waals surface area contributed by atoms with Crippen LogP contribution < -0.4 is 10.1 Å². The van der Waals surface area contributed by atoms with E-state index in [4.69, 9.17) is 4.74 Å². The number of nitrogens with one attached hydrogen (secondary N) is 1. The molecule has 2 rings (SSSR count). The molecule has 2 atom stereocenters. The molecule has 0 aromatic heterocycles. The van der Waals surface area contributed by atoms with Crippen molar-refractivity contribution in [3.8, 4) is 5.75 Å². The number of hydrogen-bond acceptors (Lipinski definition) is 2. The molecule has 1 aromatic carbocycles. The van der Waals surface area contributed by atoms with Gasteiger partial charge in [0.1, 0.15) is 18.2 Å². The monoisotopic (exact) mass is 265 g/mol. The molecule has 1 aliphatic rings. The summed E-state index contributed by atoms with van der Waals surface area (Å²) in [4.78, 5) is 0. The van der Waals surface area contributed by atoms with E-state index in [1.807, 2.05) is 12.1 Å². The van der Waals surface area contributed by atoms with Gasteiger partial charge in [0.15, 0.2) is 0 Å². The standard InChI is InChI=1S/C16H24FNO/c1-11(2)12(3)15-7-6-14(9-16(15)17)19-10-13-5-4-8-18-13/h6-7,9,11-13,18H,4-5,8,10H2,1-3H3/t12?,13-/m1/s1. The quantitative estimate of drug-likeness (QED) is 0.876. The van der Waals surface area contributed by atoms with Crippen LogP contribution in [0, 0.1) is 11.7 Å². The molecule has 0 radical (unpaired) electrons. The van der Waals surface area contributed by atoms with Gasteiger partial charge in [0.25, 0.3) is 0 Å². The fourth-order valence-corrected chi connectivity index (χ4v) is 2.42. The zero-order valence-corrected chi connectivity index (χ0v) is 12.1. The topological polar surface area (TPSA) is 21.3 Å². The molecule has 1 N–H and O–H groups in total. The minimum Gasteiger partial charge on any atom is -0.492 e. The number of halogens is 1. The highest BCUT2D eigenvalue weighted by Gasteiger charge is 2.17. The lowest BCUT2D eigenvalue weighted by molar-refractivity contribution is 0.276. The SMILES string of the molecule is CC(C)C(C)c1ccc(OC[C@H]2CCCN2)cc1F. The van der Waals surface area contributed by atoms with E-state index in [1.54, 1.807) is 0 Å². The summed E-state index contributed by atoms with van der Waals surface area (Å²) in [6.45, 7) is 7.97. The lowest BCUT2D eigenvalue weighted by Gasteiger charge is -2.18. The Morgan fingerprint density at radius 1 is 1.37 bits per heavy atom. The van der Waals surface area contributed by atoms with Gasteiger partial charge in [0.05, 0.1) is 0 Å². The normalized spacial score (nSPS) is 20.8. The van der Waals surface area contributed by atoms with Crippen molar-refractivity contribution in [1.29, 1.82) is 0 Å². The van der Waals surface area contributed by atoms with Gasteiger partial charge in [0.2, 0.25) is 0 Å². The molecule has 1 saturated heterocycles. The second-order valence-electron chi connectivity index (χ2n) is 5.82. The molecule has 2 nitrogen and oxygen atoms in total. The molecule has 0 aliphatic carbocycles. The Bertz CT molecular complexity index is 413. The maximum Gasteiger partial charge on any atom is 0.130 e. The van der Waals surface area contributed by atoms with E-state index in [-0.39, 0.29) is 11.7 Å². The van der Waals surface area contributed by atoms with Crippen LogP contribution in [-0.2, 0) is 0 Å². The summed E-state index contributed by atoms with van der Waals surface area (Å²) in [5.74, 6) is 1.14. The second kappa shape index (κ2) is 6.38. The van der Waals surface area contributed by atoms with Crippen LogP contribution in [0.3, 0.4) is 0 Å². The highest BCUT2D eigenvalue weighted by atomic mass is 19.1.